The summed E-state index contributed by atoms with van der Waals surface area (Å²) in [5, 5.41) is 11.0. The van der Waals surface area contributed by atoms with E-state index in [-0.39, 0.29) is 12.4 Å². The van der Waals surface area contributed by atoms with E-state index >= 15 is 0 Å². The van der Waals surface area contributed by atoms with E-state index in [1.165, 1.54) is 17.2 Å². The number of rotatable bonds is 2. The number of pyridine rings is 1. The number of halogens is 1. The molecule has 7 nitrogen and oxygen atoms in total. The highest BCUT2D eigenvalue weighted by molar-refractivity contribution is 6.30. The highest BCUT2D eigenvalue weighted by Crippen LogP contribution is 2.29. The normalized spacial score (nSPS) is 20.2. The summed E-state index contributed by atoms with van der Waals surface area (Å²) in [6.45, 7) is 6.24. The van der Waals surface area contributed by atoms with Crippen LogP contribution < -0.4 is 5.73 Å². The van der Waals surface area contributed by atoms with Crippen LogP contribution in [0.1, 0.15) is 32.4 Å². The van der Waals surface area contributed by atoms with E-state index in [1.807, 2.05) is 0 Å². The SMILES string of the molecule is CC(C)(C)OC(=O)N1CCOCC1C(O)c1cc(Cl)cnc1N. The third-order valence-electron chi connectivity index (χ3n) is 3.39. The Kier molecular flexibility index (Phi) is 5.33. The predicted octanol–water partition coefficient (Wildman–Crippen LogP) is 1.99. The van der Waals surface area contributed by atoms with Gasteiger partial charge in [0.05, 0.1) is 24.3 Å². The molecule has 2 rings (SSSR count). The second kappa shape index (κ2) is 6.90. The summed E-state index contributed by atoms with van der Waals surface area (Å²) in [6, 6.07) is 0.914. The molecule has 2 heterocycles. The summed E-state index contributed by atoms with van der Waals surface area (Å²) < 4.78 is 10.8. The number of hydrogen-bond acceptors (Lipinski definition) is 6. The van der Waals surface area contributed by atoms with Crippen molar-refractivity contribution in [1.82, 2.24) is 9.88 Å². The number of nitrogens with two attached hydrogens (primary N) is 1. The lowest BCUT2D eigenvalue weighted by molar-refractivity contribution is -0.0671. The first-order chi connectivity index (χ1) is 10.7. The lowest BCUT2D eigenvalue weighted by Gasteiger charge is -2.39. The van der Waals surface area contributed by atoms with Crippen molar-refractivity contribution in [2.45, 2.75) is 38.5 Å². The molecular formula is C15H22ClN3O4. The number of ether oxygens (including phenoxy) is 2. The summed E-state index contributed by atoms with van der Waals surface area (Å²) in [7, 11) is 0. The van der Waals surface area contributed by atoms with Crippen molar-refractivity contribution in [3.05, 3.63) is 22.8 Å². The number of amides is 1. The summed E-state index contributed by atoms with van der Waals surface area (Å²) in [4.78, 5) is 17.8. The fraction of sp³-hybridized carbons (Fsp3) is 0.600. The third-order valence-corrected chi connectivity index (χ3v) is 3.60. The molecule has 1 amide bonds. The number of anilines is 1. The molecule has 1 aliphatic heterocycles. The molecule has 1 aliphatic rings. The molecule has 2 atom stereocenters. The molecule has 0 aliphatic carbocycles. The van der Waals surface area contributed by atoms with Crippen LogP contribution in [0.4, 0.5) is 10.6 Å². The molecule has 8 heteroatoms. The van der Waals surface area contributed by atoms with Crippen LogP contribution in [0.25, 0.3) is 0 Å². The van der Waals surface area contributed by atoms with E-state index in [9.17, 15) is 9.90 Å². The fourth-order valence-corrected chi connectivity index (χ4v) is 2.51. The Morgan fingerprint density at radius 1 is 1.61 bits per heavy atom. The van der Waals surface area contributed by atoms with Gasteiger partial charge in [0, 0.05) is 18.3 Å². The van der Waals surface area contributed by atoms with Gasteiger partial charge in [0.1, 0.15) is 17.5 Å². The van der Waals surface area contributed by atoms with E-state index in [2.05, 4.69) is 4.98 Å². The number of carbonyl (C=O) groups excluding carboxylic acids is 1. The average molecular weight is 344 g/mol. The van der Waals surface area contributed by atoms with Crippen molar-refractivity contribution in [2.75, 3.05) is 25.5 Å². The van der Waals surface area contributed by atoms with E-state index in [4.69, 9.17) is 26.8 Å². The number of morpholine rings is 1. The van der Waals surface area contributed by atoms with Gasteiger partial charge in [0.2, 0.25) is 0 Å². The van der Waals surface area contributed by atoms with Crippen LogP contribution in [-0.4, -0.2) is 52.5 Å². The second-order valence-electron chi connectivity index (χ2n) is 6.39. The molecule has 0 bridgehead atoms. The van der Waals surface area contributed by atoms with Crippen molar-refractivity contribution in [2.24, 2.45) is 0 Å². The topological polar surface area (TPSA) is 97.9 Å². The highest BCUT2D eigenvalue weighted by Gasteiger charge is 2.36. The van der Waals surface area contributed by atoms with Crippen molar-refractivity contribution < 1.29 is 19.4 Å². The highest BCUT2D eigenvalue weighted by atomic mass is 35.5. The first-order valence-electron chi connectivity index (χ1n) is 7.35. The Hall–Kier alpha value is -1.57. The van der Waals surface area contributed by atoms with Crippen LogP contribution >= 0.6 is 11.6 Å². The molecule has 0 radical (unpaired) electrons. The van der Waals surface area contributed by atoms with Gasteiger partial charge in [-0.05, 0) is 26.8 Å². The number of aliphatic hydroxyl groups is 1. The minimum atomic E-state index is -1.07. The molecule has 1 fully saturated rings. The number of aromatic nitrogens is 1. The van der Waals surface area contributed by atoms with Crippen LogP contribution in [0, 0.1) is 0 Å². The van der Waals surface area contributed by atoms with Crippen molar-refractivity contribution >= 4 is 23.5 Å². The maximum Gasteiger partial charge on any atom is 0.410 e. The van der Waals surface area contributed by atoms with Gasteiger partial charge in [-0.1, -0.05) is 11.6 Å². The first-order valence-corrected chi connectivity index (χ1v) is 7.73. The molecule has 128 valence electrons. The maximum atomic E-state index is 12.4. The van der Waals surface area contributed by atoms with Gasteiger partial charge >= 0.3 is 6.09 Å². The summed E-state index contributed by atoms with van der Waals surface area (Å²) in [5.74, 6) is 0.164. The Bertz CT molecular complexity index is 576. The second-order valence-corrected chi connectivity index (χ2v) is 6.83. The molecular weight excluding hydrogens is 322 g/mol. The zero-order valence-electron chi connectivity index (χ0n) is 13.5. The Morgan fingerprint density at radius 2 is 2.30 bits per heavy atom. The predicted molar refractivity (Wildman–Crippen MR) is 86.2 cm³/mol. The molecule has 2 unspecified atom stereocenters. The molecule has 0 aromatic carbocycles. The molecule has 0 spiro atoms. The van der Waals surface area contributed by atoms with E-state index in [0.717, 1.165) is 0 Å². The van der Waals surface area contributed by atoms with E-state index in [1.54, 1.807) is 20.8 Å². The molecule has 1 aromatic heterocycles. The zero-order chi connectivity index (χ0) is 17.2. The van der Waals surface area contributed by atoms with Crippen molar-refractivity contribution in [3.63, 3.8) is 0 Å². The number of hydrogen-bond donors (Lipinski definition) is 2. The van der Waals surface area contributed by atoms with Crippen LogP contribution in [0.15, 0.2) is 12.3 Å². The largest absolute Gasteiger partial charge is 0.444 e. The van der Waals surface area contributed by atoms with Crippen molar-refractivity contribution in [1.29, 1.82) is 0 Å². The number of aliphatic hydroxyl groups excluding tert-OH is 1. The molecule has 1 aromatic rings. The standard InChI is InChI=1S/C15H22ClN3O4/c1-15(2,3)23-14(21)19-4-5-22-8-11(19)12(20)10-6-9(16)7-18-13(10)17/h6-7,11-12,20H,4-5,8H2,1-3H3,(H2,17,18). The van der Waals surface area contributed by atoms with Gasteiger partial charge in [-0.25, -0.2) is 9.78 Å². The fourth-order valence-electron chi connectivity index (χ4n) is 2.34. The smallest absolute Gasteiger partial charge is 0.410 e. The summed E-state index contributed by atoms with van der Waals surface area (Å²) >= 11 is 5.92. The molecule has 23 heavy (non-hydrogen) atoms. The van der Waals surface area contributed by atoms with Gasteiger partial charge in [-0.3, -0.25) is 4.90 Å². The zero-order valence-corrected chi connectivity index (χ0v) is 14.2. The number of nitrogens with zero attached hydrogens (tertiary/aromatic N) is 2. The van der Waals surface area contributed by atoms with Crippen LogP contribution in [0.2, 0.25) is 5.02 Å². The molecule has 1 saturated heterocycles. The quantitative estimate of drug-likeness (QED) is 0.852. The van der Waals surface area contributed by atoms with E-state index in [0.29, 0.717) is 23.7 Å². The number of carbonyl (C=O) groups is 1. The monoisotopic (exact) mass is 343 g/mol. The van der Waals surface area contributed by atoms with Gasteiger partial charge in [-0.15, -0.1) is 0 Å². The van der Waals surface area contributed by atoms with Crippen LogP contribution in [0.5, 0.6) is 0 Å². The summed E-state index contributed by atoms with van der Waals surface area (Å²) in [6.07, 6.45) is -0.178. The minimum Gasteiger partial charge on any atom is -0.444 e. The van der Waals surface area contributed by atoms with Gasteiger partial charge in [-0.2, -0.15) is 0 Å². The molecule has 3 N–H and O–H groups in total. The van der Waals surface area contributed by atoms with Gasteiger partial charge in [0.15, 0.2) is 0 Å². The molecule has 0 saturated carbocycles. The third kappa shape index (κ3) is 4.46. The van der Waals surface area contributed by atoms with Gasteiger partial charge in [0.25, 0.3) is 0 Å². The first kappa shape index (κ1) is 17.8. The minimum absolute atomic E-state index is 0.164. The van der Waals surface area contributed by atoms with Crippen molar-refractivity contribution in [3.8, 4) is 0 Å². The van der Waals surface area contributed by atoms with Crippen LogP contribution in [-0.2, 0) is 9.47 Å². The lowest BCUT2D eigenvalue weighted by Crippen LogP contribution is -2.52. The lowest BCUT2D eigenvalue weighted by atomic mass is 10.0. The summed E-state index contributed by atoms with van der Waals surface area (Å²) in [5.41, 5.74) is 5.55. The Labute approximate surface area is 140 Å². The Balaban J connectivity index is 2.23. The Morgan fingerprint density at radius 3 is 2.96 bits per heavy atom. The van der Waals surface area contributed by atoms with Crippen LogP contribution in [0.3, 0.4) is 0 Å². The van der Waals surface area contributed by atoms with E-state index < -0.39 is 23.8 Å². The maximum absolute atomic E-state index is 12.4. The number of nitrogen functional groups attached to an aromatic ring is 1. The average Bonchev–Trinajstić information content (AvgIpc) is 2.47. The van der Waals surface area contributed by atoms with Gasteiger partial charge < -0.3 is 20.3 Å².